The maximum Gasteiger partial charge on any atom is 0.317 e. The van der Waals surface area contributed by atoms with Crippen LogP contribution < -0.4 is 0 Å². The summed E-state index contributed by atoms with van der Waals surface area (Å²) in [6.07, 6.45) is -7.59. The average Bonchev–Trinajstić information content (AvgIpc) is 2.87. The average molecular weight is 598 g/mol. The Kier molecular flexibility index (Phi) is 17.3. The topological polar surface area (TPSA) is 249 Å². The molecule has 0 radical (unpaired) electrons. The second kappa shape index (κ2) is 19.2. The first-order valence-corrected chi connectivity index (χ1v) is 13.5. The molecular formula is C24H47N5O12. The van der Waals surface area contributed by atoms with Crippen molar-refractivity contribution in [1.82, 2.24) is 24.5 Å². The monoisotopic (exact) mass is 597 g/mol. The van der Waals surface area contributed by atoms with E-state index in [2.05, 4.69) is 0 Å². The number of hydrogen-bond donors (Lipinski definition) is 9. The van der Waals surface area contributed by atoms with Crippen molar-refractivity contribution < 1.29 is 60.3 Å². The van der Waals surface area contributed by atoms with Crippen LogP contribution in [0, 0.1) is 0 Å². The van der Waals surface area contributed by atoms with Gasteiger partial charge in [0.15, 0.2) is 0 Å². The first kappa shape index (κ1) is 37.0. The normalized spacial score (nSPS) is 21.4. The lowest BCUT2D eigenvalue weighted by molar-refractivity contribution is -0.140. The van der Waals surface area contributed by atoms with E-state index in [0.717, 1.165) is 0 Å². The minimum absolute atomic E-state index is 0.0424. The highest BCUT2D eigenvalue weighted by molar-refractivity contribution is 5.69. The Labute approximate surface area is 239 Å². The molecule has 1 fully saturated rings. The van der Waals surface area contributed by atoms with E-state index >= 15 is 0 Å². The zero-order valence-electron chi connectivity index (χ0n) is 23.5. The number of aliphatic carboxylic acids is 3. The summed E-state index contributed by atoms with van der Waals surface area (Å²) < 4.78 is 0. The van der Waals surface area contributed by atoms with Gasteiger partial charge in [0.2, 0.25) is 0 Å². The summed E-state index contributed by atoms with van der Waals surface area (Å²) in [4.78, 5) is 42.5. The fraction of sp³-hybridized carbons (Fsp3) is 0.875. The van der Waals surface area contributed by atoms with Gasteiger partial charge < -0.3 is 50.9 Å². The van der Waals surface area contributed by atoms with E-state index in [4.69, 9.17) is 5.11 Å². The van der Waals surface area contributed by atoms with Gasteiger partial charge in [-0.2, -0.15) is 0 Å². The Bertz CT molecular complexity index is 764. The van der Waals surface area contributed by atoms with Crippen LogP contribution in [0.25, 0.3) is 0 Å². The minimum Gasteiger partial charge on any atom is -0.480 e. The fourth-order valence-corrected chi connectivity index (χ4v) is 4.59. The third-order valence-corrected chi connectivity index (χ3v) is 6.82. The van der Waals surface area contributed by atoms with Crippen molar-refractivity contribution in [3.05, 3.63) is 0 Å². The molecule has 0 aromatic rings. The molecule has 1 saturated heterocycles. The lowest BCUT2D eigenvalue weighted by Gasteiger charge is -2.34. The maximum absolute atomic E-state index is 11.4. The third kappa shape index (κ3) is 15.7. The molecule has 1 unspecified atom stereocenters. The van der Waals surface area contributed by atoms with Crippen molar-refractivity contribution in [2.24, 2.45) is 0 Å². The Balaban J connectivity index is 2.88. The van der Waals surface area contributed by atoms with Crippen LogP contribution in [-0.4, -0.2) is 224 Å². The molecule has 5 atom stereocenters. The van der Waals surface area contributed by atoms with Crippen LogP contribution in [0.2, 0.25) is 0 Å². The second-order valence-corrected chi connectivity index (χ2v) is 10.5. The molecule has 0 aliphatic carbocycles. The van der Waals surface area contributed by atoms with E-state index in [9.17, 15) is 55.2 Å². The van der Waals surface area contributed by atoms with Crippen molar-refractivity contribution in [2.45, 2.75) is 30.5 Å². The highest BCUT2D eigenvalue weighted by Crippen LogP contribution is 2.08. The molecule has 17 nitrogen and oxygen atoms in total. The molecule has 9 N–H and O–H groups in total. The summed E-state index contributed by atoms with van der Waals surface area (Å²) in [6.45, 7) is 0.758. The number of rotatable bonds is 16. The summed E-state index contributed by atoms with van der Waals surface area (Å²) in [5, 5.41) is 87.1. The quantitative estimate of drug-likeness (QED) is 0.0803. The number of aliphatic hydroxyl groups is 6. The van der Waals surface area contributed by atoms with E-state index in [1.165, 1.54) is 4.90 Å². The molecule has 0 aromatic heterocycles. The van der Waals surface area contributed by atoms with Gasteiger partial charge in [-0.15, -0.1) is 0 Å². The van der Waals surface area contributed by atoms with Gasteiger partial charge >= 0.3 is 17.9 Å². The Morgan fingerprint density at radius 3 is 1.29 bits per heavy atom. The first-order chi connectivity index (χ1) is 19.2. The molecule has 17 heteroatoms. The number of carboxylic acids is 3. The lowest BCUT2D eigenvalue weighted by atomic mass is 10.0. The van der Waals surface area contributed by atoms with E-state index < -0.39 is 55.0 Å². The summed E-state index contributed by atoms with van der Waals surface area (Å²) in [5.74, 6) is -3.13. The third-order valence-electron chi connectivity index (χ3n) is 6.82. The van der Waals surface area contributed by atoms with E-state index in [-0.39, 0.29) is 65.4 Å². The first-order valence-electron chi connectivity index (χ1n) is 13.5. The Hall–Kier alpha value is -2.03. The summed E-state index contributed by atoms with van der Waals surface area (Å²) in [7, 11) is 1.57. The SMILES string of the molecule is CN(CC(O)CN1CCN(CC(=O)O)CCN(CC(=O)O)CCN(CC(=O)O)CC1)C[C@H](O)[C@@H](O)[C@H](O)[C@H](O)CO. The number of hydrogen-bond acceptors (Lipinski definition) is 14. The van der Waals surface area contributed by atoms with Crippen molar-refractivity contribution >= 4 is 17.9 Å². The van der Waals surface area contributed by atoms with E-state index in [1.807, 2.05) is 4.90 Å². The number of aliphatic hydroxyl groups excluding tert-OH is 6. The van der Waals surface area contributed by atoms with Crippen LogP contribution in [0.5, 0.6) is 0 Å². The van der Waals surface area contributed by atoms with Crippen LogP contribution in [0.4, 0.5) is 0 Å². The minimum atomic E-state index is -1.77. The number of nitrogens with zero attached hydrogens (tertiary/aromatic N) is 5. The van der Waals surface area contributed by atoms with E-state index in [1.54, 1.807) is 21.7 Å². The molecule has 1 aliphatic rings. The van der Waals surface area contributed by atoms with Crippen LogP contribution in [0.3, 0.4) is 0 Å². The molecule has 0 bridgehead atoms. The van der Waals surface area contributed by atoms with Crippen LogP contribution in [0.1, 0.15) is 0 Å². The molecule has 1 aliphatic heterocycles. The Morgan fingerprint density at radius 2 is 0.951 bits per heavy atom. The Morgan fingerprint density at radius 1 is 0.610 bits per heavy atom. The predicted octanol–water partition coefficient (Wildman–Crippen LogP) is -5.81. The molecule has 1 rings (SSSR count). The largest absolute Gasteiger partial charge is 0.480 e. The van der Waals surface area contributed by atoms with Gasteiger partial charge in [0.1, 0.15) is 18.3 Å². The van der Waals surface area contributed by atoms with Gasteiger partial charge in [-0.05, 0) is 7.05 Å². The molecule has 0 saturated carbocycles. The molecule has 41 heavy (non-hydrogen) atoms. The number of carbonyl (C=O) groups is 3. The van der Waals surface area contributed by atoms with Gasteiger partial charge in [0.05, 0.1) is 38.4 Å². The van der Waals surface area contributed by atoms with Crippen molar-refractivity contribution in [3.8, 4) is 0 Å². The highest BCUT2D eigenvalue weighted by Gasteiger charge is 2.31. The fourth-order valence-electron chi connectivity index (χ4n) is 4.59. The molecule has 1 heterocycles. The van der Waals surface area contributed by atoms with Crippen LogP contribution >= 0.6 is 0 Å². The van der Waals surface area contributed by atoms with E-state index in [0.29, 0.717) is 26.2 Å². The van der Waals surface area contributed by atoms with Gasteiger partial charge in [-0.25, -0.2) is 0 Å². The highest BCUT2D eigenvalue weighted by atomic mass is 16.4. The van der Waals surface area contributed by atoms with Gasteiger partial charge in [0, 0.05) is 72.0 Å². The molecule has 0 spiro atoms. The van der Waals surface area contributed by atoms with Crippen molar-refractivity contribution in [2.75, 3.05) is 105 Å². The van der Waals surface area contributed by atoms with Gasteiger partial charge in [-0.3, -0.25) is 34.0 Å². The molecular weight excluding hydrogens is 550 g/mol. The van der Waals surface area contributed by atoms with Gasteiger partial charge in [0.25, 0.3) is 0 Å². The smallest absolute Gasteiger partial charge is 0.317 e. The number of carboxylic acid groups (broad SMARTS) is 3. The van der Waals surface area contributed by atoms with Crippen molar-refractivity contribution in [1.29, 1.82) is 0 Å². The summed E-state index contributed by atoms with van der Waals surface area (Å²) >= 11 is 0. The maximum atomic E-state index is 11.4. The molecule has 240 valence electrons. The van der Waals surface area contributed by atoms with Gasteiger partial charge in [-0.1, -0.05) is 0 Å². The van der Waals surface area contributed by atoms with Crippen LogP contribution in [-0.2, 0) is 14.4 Å². The molecule has 0 aromatic carbocycles. The van der Waals surface area contributed by atoms with Crippen LogP contribution in [0.15, 0.2) is 0 Å². The predicted molar refractivity (Wildman–Crippen MR) is 143 cm³/mol. The summed E-state index contributed by atoms with van der Waals surface area (Å²) in [6, 6.07) is 0. The summed E-state index contributed by atoms with van der Waals surface area (Å²) in [5.41, 5.74) is 0. The number of β-amino-alcohol motifs (C(OH)–C–C–N with tert-alkyl or cyclic N) is 1. The number of likely N-dealkylation sites (N-methyl/N-ethyl adjacent to an activating group) is 1. The zero-order valence-corrected chi connectivity index (χ0v) is 23.5. The lowest BCUT2D eigenvalue weighted by Crippen LogP contribution is -2.51. The second-order valence-electron chi connectivity index (χ2n) is 10.5. The molecule has 0 amide bonds. The zero-order chi connectivity index (χ0) is 31.1. The standard InChI is InChI=1S/C24H47N5O12/c1-25(12-18(32)23(40)24(41)19(33)16-30)10-17(31)11-26-2-4-27(13-20(34)35)6-8-29(15-22(38)39)9-7-28(5-3-26)14-21(36)37/h17-19,23-24,30-33,40-41H,2-16H2,1H3,(H,34,35)(H,36,37)(H,38,39)/t17?,18-,19+,23+,24+/m0/s1. The van der Waals surface area contributed by atoms with Crippen molar-refractivity contribution in [3.63, 3.8) is 0 Å².